The highest BCUT2D eigenvalue weighted by atomic mass is 16.5. The molecule has 0 aliphatic heterocycles. The standard InChI is InChI=1S/C19H31N3O4/c1-7-25-15-10-9-14(11-16(15)26-8-2)20-17(23)12-22(6)13-18(24)21-19(3,4)5/h9-11H,7-8,12-13H2,1-6H3,(H,20,23)(H,21,24)/p+1. The molecular formula is C19H32N3O4+. The van der Waals surface area contributed by atoms with Crippen molar-refractivity contribution in [1.82, 2.24) is 5.32 Å². The molecule has 3 N–H and O–H groups in total. The van der Waals surface area contributed by atoms with Crippen LogP contribution in [0.15, 0.2) is 18.2 Å². The predicted octanol–water partition coefficient (Wildman–Crippen LogP) is 0.852. The highest BCUT2D eigenvalue weighted by Crippen LogP contribution is 2.30. The molecule has 0 saturated heterocycles. The highest BCUT2D eigenvalue weighted by molar-refractivity contribution is 5.92. The molecule has 1 atom stereocenters. The zero-order valence-electron chi connectivity index (χ0n) is 16.7. The van der Waals surface area contributed by atoms with Gasteiger partial charge in [0.2, 0.25) is 0 Å². The fourth-order valence-electron chi connectivity index (χ4n) is 2.41. The maximum atomic E-state index is 12.2. The first kappa shape index (κ1) is 21.8. The minimum Gasteiger partial charge on any atom is -0.490 e. The zero-order valence-corrected chi connectivity index (χ0v) is 16.7. The number of ether oxygens (including phenoxy) is 2. The van der Waals surface area contributed by atoms with Crippen molar-refractivity contribution in [3.05, 3.63) is 18.2 Å². The first-order valence-electron chi connectivity index (χ1n) is 8.96. The maximum Gasteiger partial charge on any atom is 0.279 e. The Morgan fingerprint density at radius 2 is 1.58 bits per heavy atom. The van der Waals surface area contributed by atoms with E-state index in [0.717, 1.165) is 4.90 Å². The number of amides is 2. The Hall–Kier alpha value is -2.28. The van der Waals surface area contributed by atoms with Gasteiger partial charge in [-0.15, -0.1) is 0 Å². The molecule has 7 nitrogen and oxygen atoms in total. The van der Waals surface area contributed by atoms with E-state index in [-0.39, 0.29) is 30.4 Å². The van der Waals surface area contributed by atoms with E-state index >= 15 is 0 Å². The predicted molar refractivity (Wildman–Crippen MR) is 102 cm³/mol. The third-order valence-electron chi connectivity index (χ3n) is 3.27. The van der Waals surface area contributed by atoms with E-state index in [2.05, 4.69) is 10.6 Å². The van der Waals surface area contributed by atoms with E-state index in [0.29, 0.717) is 30.4 Å². The lowest BCUT2D eigenvalue weighted by molar-refractivity contribution is -0.862. The Morgan fingerprint density at radius 1 is 1.00 bits per heavy atom. The van der Waals surface area contributed by atoms with Gasteiger partial charge < -0.3 is 25.0 Å². The summed E-state index contributed by atoms with van der Waals surface area (Å²) >= 11 is 0. The van der Waals surface area contributed by atoms with Crippen molar-refractivity contribution in [2.75, 3.05) is 38.7 Å². The van der Waals surface area contributed by atoms with E-state index in [1.54, 1.807) is 18.2 Å². The van der Waals surface area contributed by atoms with Crippen molar-refractivity contribution in [2.24, 2.45) is 0 Å². The van der Waals surface area contributed by atoms with Crippen LogP contribution in [0.3, 0.4) is 0 Å². The lowest BCUT2D eigenvalue weighted by Crippen LogP contribution is -3.11. The third kappa shape index (κ3) is 8.20. The van der Waals surface area contributed by atoms with Crippen LogP contribution in [0.2, 0.25) is 0 Å². The number of anilines is 1. The minimum atomic E-state index is -0.280. The number of hydrogen-bond donors (Lipinski definition) is 3. The van der Waals surface area contributed by atoms with Gasteiger partial charge in [-0.3, -0.25) is 9.59 Å². The van der Waals surface area contributed by atoms with E-state index in [1.807, 2.05) is 41.7 Å². The van der Waals surface area contributed by atoms with Gasteiger partial charge in [0.1, 0.15) is 0 Å². The Labute approximate surface area is 156 Å². The second-order valence-electron chi connectivity index (χ2n) is 7.18. The van der Waals surface area contributed by atoms with Gasteiger partial charge in [-0.2, -0.15) is 0 Å². The SMILES string of the molecule is CCOc1ccc(NC(=O)C[NH+](C)CC(=O)NC(C)(C)C)cc1OCC. The number of carbonyl (C=O) groups excluding carboxylic acids is 2. The molecule has 0 bridgehead atoms. The van der Waals surface area contributed by atoms with Gasteiger partial charge in [0.25, 0.3) is 11.8 Å². The summed E-state index contributed by atoms with van der Waals surface area (Å²) in [5.41, 5.74) is 0.353. The first-order chi connectivity index (χ1) is 12.1. The fourth-order valence-corrected chi connectivity index (χ4v) is 2.41. The summed E-state index contributed by atoms with van der Waals surface area (Å²) in [5, 5.41) is 5.73. The molecule has 26 heavy (non-hydrogen) atoms. The number of carbonyl (C=O) groups is 2. The lowest BCUT2D eigenvalue weighted by atomic mass is 10.1. The summed E-state index contributed by atoms with van der Waals surface area (Å²) < 4.78 is 11.1. The number of benzene rings is 1. The second-order valence-corrected chi connectivity index (χ2v) is 7.18. The minimum absolute atomic E-state index is 0.0810. The van der Waals surface area contributed by atoms with Crippen molar-refractivity contribution < 1.29 is 24.0 Å². The van der Waals surface area contributed by atoms with Crippen molar-refractivity contribution in [3.8, 4) is 11.5 Å². The summed E-state index contributed by atoms with van der Waals surface area (Å²) in [6.45, 7) is 11.0. The molecule has 0 radical (unpaired) electrons. The van der Waals surface area contributed by atoms with Gasteiger partial charge in [-0.1, -0.05) is 0 Å². The Morgan fingerprint density at radius 3 is 2.15 bits per heavy atom. The molecule has 146 valence electrons. The molecule has 1 aromatic carbocycles. The fraction of sp³-hybridized carbons (Fsp3) is 0.579. The van der Waals surface area contributed by atoms with Gasteiger partial charge in [0.05, 0.1) is 20.3 Å². The smallest absolute Gasteiger partial charge is 0.279 e. The summed E-state index contributed by atoms with van der Waals surface area (Å²) in [5.74, 6) is 0.992. The number of hydrogen-bond acceptors (Lipinski definition) is 4. The molecule has 1 aromatic rings. The second kappa shape index (κ2) is 10.0. The van der Waals surface area contributed by atoms with Crippen molar-refractivity contribution in [3.63, 3.8) is 0 Å². The molecular weight excluding hydrogens is 334 g/mol. The van der Waals surface area contributed by atoms with Gasteiger partial charge in [-0.05, 0) is 46.8 Å². The Bertz CT molecular complexity index is 611. The normalized spacial score (nSPS) is 12.2. The molecule has 0 aliphatic carbocycles. The van der Waals surface area contributed by atoms with Gasteiger partial charge in [-0.25, -0.2) is 0 Å². The van der Waals surface area contributed by atoms with Gasteiger partial charge in [0, 0.05) is 17.3 Å². The topological polar surface area (TPSA) is 81.1 Å². The van der Waals surface area contributed by atoms with E-state index in [1.165, 1.54) is 0 Å². The van der Waals surface area contributed by atoms with Crippen LogP contribution < -0.4 is 25.0 Å². The van der Waals surface area contributed by atoms with Crippen LogP contribution in [0.25, 0.3) is 0 Å². The highest BCUT2D eigenvalue weighted by Gasteiger charge is 2.19. The zero-order chi connectivity index (χ0) is 19.7. The first-order valence-corrected chi connectivity index (χ1v) is 8.96. The molecule has 1 rings (SSSR count). The molecule has 0 aliphatic rings. The monoisotopic (exact) mass is 366 g/mol. The van der Waals surface area contributed by atoms with Crippen LogP contribution in [0.5, 0.6) is 11.5 Å². The van der Waals surface area contributed by atoms with Crippen LogP contribution >= 0.6 is 0 Å². The number of quaternary nitrogens is 1. The molecule has 0 fully saturated rings. The Kier molecular flexibility index (Phi) is 8.38. The van der Waals surface area contributed by atoms with Crippen LogP contribution in [-0.4, -0.2) is 50.7 Å². The molecule has 0 spiro atoms. The van der Waals surface area contributed by atoms with E-state index < -0.39 is 0 Å². The van der Waals surface area contributed by atoms with Crippen molar-refractivity contribution >= 4 is 17.5 Å². The molecule has 2 amide bonds. The maximum absolute atomic E-state index is 12.2. The number of rotatable bonds is 9. The molecule has 0 heterocycles. The van der Waals surface area contributed by atoms with E-state index in [4.69, 9.17) is 9.47 Å². The van der Waals surface area contributed by atoms with Gasteiger partial charge in [0.15, 0.2) is 24.6 Å². The molecule has 0 saturated carbocycles. The number of nitrogens with one attached hydrogen (secondary N) is 3. The summed E-state index contributed by atoms with van der Waals surface area (Å²) in [6.07, 6.45) is 0. The van der Waals surface area contributed by atoms with Crippen molar-refractivity contribution in [2.45, 2.75) is 40.2 Å². The quantitative estimate of drug-likeness (QED) is 0.605. The van der Waals surface area contributed by atoms with E-state index in [9.17, 15) is 9.59 Å². The summed E-state index contributed by atoms with van der Waals surface area (Å²) in [4.78, 5) is 25.0. The average molecular weight is 366 g/mol. The third-order valence-corrected chi connectivity index (χ3v) is 3.27. The summed E-state index contributed by atoms with van der Waals surface area (Å²) in [6, 6.07) is 5.29. The van der Waals surface area contributed by atoms with Crippen LogP contribution in [-0.2, 0) is 9.59 Å². The molecule has 0 aromatic heterocycles. The van der Waals surface area contributed by atoms with Crippen LogP contribution in [0, 0.1) is 0 Å². The Balaban J connectivity index is 2.61. The molecule has 7 heteroatoms. The van der Waals surface area contributed by atoms with Crippen LogP contribution in [0.1, 0.15) is 34.6 Å². The van der Waals surface area contributed by atoms with Crippen LogP contribution in [0.4, 0.5) is 5.69 Å². The van der Waals surface area contributed by atoms with Gasteiger partial charge >= 0.3 is 0 Å². The molecule has 1 unspecified atom stereocenters. The summed E-state index contributed by atoms with van der Waals surface area (Å²) in [7, 11) is 1.81. The largest absolute Gasteiger partial charge is 0.490 e. The lowest BCUT2D eigenvalue weighted by Gasteiger charge is -2.21. The van der Waals surface area contributed by atoms with Crippen molar-refractivity contribution in [1.29, 1.82) is 0 Å². The average Bonchev–Trinajstić information content (AvgIpc) is 2.47. The number of likely N-dealkylation sites (N-methyl/N-ethyl adjacent to an activating group) is 1.